The SMILES string of the molecule is CCC(Nc1c(Nc2cccc3c2C(=O)N(CCOC)C3)c(=O)c1=O)c1ccc(C)o1. The highest BCUT2D eigenvalue weighted by molar-refractivity contribution is 6.04. The molecule has 1 amide bonds. The lowest BCUT2D eigenvalue weighted by molar-refractivity contribution is 0.0720. The van der Waals surface area contributed by atoms with Crippen molar-refractivity contribution in [2.45, 2.75) is 32.9 Å². The van der Waals surface area contributed by atoms with Gasteiger partial charge in [-0.1, -0.05) is 19.1 Å². The van der Waals surface area contributed by atoms with Crippen molar-refractivity contribution in [1.29, 1.82) is 0 Å². The number of nitrogens with one attached hydrogen (secondary N) is 2. The molecule has 2 aromatic carbocycles. The van der Waals surface area contributed by atoms with Crippen molar-refractivity contribution in [1.82, 2.24) is 4.90 Å². The van der Waals surface area contributed by atoms with Crippen LogP contribution in [0.5, 0.6) is 0 Å². The summed E-state index contributed by atoms with van der Waals surface area (Å²) in [5, 5.41) is 6.18. The molecule has 8 heteroatoms. The fourth-order valence-electron chi connectivity index (χ4n) is 3.88. The maximum atomic E-state index is 12.9. The van der Waals surface area contributed by atoms with Crippen molar-refractivity contribution in [3.63, 3.8) is 0 Å². The highest BCUT2D eigenvalue weighted by Crippen LogP contribution is 2.33. The number of rotatable bonds is 9. The Balaban J connectivity index is 1.60. The summed E-state index contributed by atoms with van der Waals surface area (Å²) < 4.78 is 10.8. The molecule has 0 bridgehead atoms. The van der Waals surface area contributed by atoms with Crippen LogP contribution in [-0.2, 0) is 11.3 Å². The zero-order valence-corrected chi connectivity index (χ0v) is 17.8. The van der Waals surface area contributed by atoms with Gasteiger partial charge < -0.3 is 24.7 Å². The number of hydrogen-bond donors (Lipinski definition) is 2. The van der Waals surface area contributed by atoms with E-state index in [2.05, 4.69) is 10.6 Å². The number of fused-ring (bicyclic) bond motifs is 1. The summed E-state index contributed by atoms with van der Waals surface area (Å²) in [6.45, 7) is 5.23. The number of aryl methyl sites for hydroxylation is 1. The summed E-state index contributed by atoms with van der Waals surface area (Å²) in [5.74, 6) is 1.35. The van der Waals surface area contributed by atoms with Crippen LogP contribution in [-0.4, -0.2) is 31.1 Å². The van der Waals surface area contributed by atoms with Crippen molar-refractivity contribution >= 4 is 23.0 Å². The third kappa shape index (κ3) is 3.74. The van der Waals surface area contributed by atoms with E-state index in [9.17, 15) is 14.4 Å². The third-order valence-corrected chi connectivity index (χ3v) is 5.58. The number of furan rings is 1. The van der Waals surface area contributed by atoms with E-state index in [4.69, 9.17) is 9.15 Å². The van der Waals surface area contributed by atoms with E-state index in [0.29, 0.717) is 43.1 Å². The van der Waals surface area contributed by atoms with E-state index in [-0.39, 0.29) is 23.3 Å². The molecule has 0 spiro atoms. The predicted octanol–water partition coefficient (Wildman–Crippen LogP) is 3.09. The molecule has 0 saturated heterocycles. The lowest BCUT2D eigenvalue weighted by Gasteiger charge is -2.21. The van der Waals surface area contributed by atoms with Crippen LogP contribution in [0.4, 0.5) is 17.1 Å². The minimum atomic E-state index is -0.604. The number of carbonyl (C=O) groups excluding carboxylic acids is 1. The minimum Gasteiger partial charge on any atom is -0.464 e. The number of hydrogen-bond acceptors (Lipinski definition) is 7. The lowest BCUT2D eigenvalue weighted by atomic mass is 10.1. The van der Waals surface area contributed by atoms with Gasteiger partial charge in [-0.05, 0) is 37.1 Å². The lowest BCUT2D eigenvalue weighted by Crippen LogP contribution is -2.37. The number of nitrogens with zero attached hydrogens (tertiary/aromatic N) is 1. The number of benzene rings is 1. The van der Waals surface area contributed by atoms with Crippen LogP contribution >= 0.6 is 0 Å². The number of anilines is 3. The van der Waals surface area contributed by atoms with Crippen LogP contribution in [0.2, 0.25) is 0 Å². The Kier molecular flexibility index (Phi) is 5.65. The van der Waals surface area contributed by atoms with Crippen LogP contribution in [0.3, 0.4) is 0 Å². The van der Waals surface area contributed by atoms with Gasteiger partial charge in [0.15, 0.2) is 0 Å². The molecule has 1 atom stereocenters. The first-order valence-corrected chi connectivity index (χ1v) is 10.3. The molecule has 0 saturated carbocycles. The van der Waals surface area contributed by atoms with Crippen LogP contribution in [0.15, 0.2) is 44.3 Å². The van der Waals surface area contributed by atoms with Gasteiger partial charge in [0.25, 0.3) is 16.8 Å². The van der Waals surface area contributed by atoms with E-state index in [0.717, 1.165) is 11.3 Å². The summed E-state index contributed by atoms with van der Waals surface area (Å²) in [4.78, 5) is 39.2. The summed E-state index contributed by atoms with van der Waals surface area (Å²) in [6.07, 6.45) is 0.666. The predicted molar refractivity (Wildman–Crippen MR) is 118 cm³/mol. The molecule has 4 rings (SSSR count). The van der Waals surface area contributed by atoms with E-state index >= 15 is 0 Å². The molecule has 1 aromatic heterocycles. The summed E-state index contributed by atoms with van der Waals surface area (Å²) >= 11 is 0. The molecule has 2 heterocycles. The maximum absolute atomic E-state index is 12.9. The Labute approximate surface area is 179 Å². The molecule has 0 radical (unpaired) electrons. The molecule has 3 aromatic rings. The average Bonchev–Trinajstić information content (AvgIpc) is 3.35. The Hall–Kier alpha value is -3.39. The second-order valence-electron chi connectivity index (χ2n) is 7.65. The highest BCUT2D eigenvalue weighted by Gasteiger charge is 2.31. The van der Waals surface area contributed by atoms with Gasteiger partial charge in [-0.2, -0.15) is 0 Å². The number of methoxy groups -OCH3 is 1. The zero-order chi connectivity index (χ0) is 22.1. The minimum absolute atomic E-state index is 0.124. The van der Waals surface area contributed by atoms with Gasteiger partial charge in [0.05, 0.1) is 23.9 Å². The zero-order valence-electron chi connectivity index (χ0n) is 17.8. The van der Waals surface area contributed by atoms with Gasteiger partial charge >= 0.3 is 0 Å². The van der Waals surface area contributed by atoms with Gasteiger partial charge in [0.2, 0.25) is 0 Å². The Morgan fingerprint density at radius 1 is 1.13 bits per heavy atom. The van der Waals surface area contributed by atoms with E-state index in [1.165, 1.54) is 0 Å². The van der Waals surface area contributed by atoms with Crippen molar-refractivity contribution in [2.24, 2.45) is 0 Å². The Bertz CT molecular complexity index is 1190. The Morgan fingerprint density at radius 2 is 1.90 bits per heavy atom. The molecular formula is C23H25N3O5. The molecule has 31 heavy (non-hydrogen) atoms. The van der Waals surface area contributed by atoms with E-state index < -0.39 is 10.9 Å². The van der Waals surface area contributed by atoms with Crippen LogP contribution in [0.25, 0.3) is 0 Å². The van der Waals surface area contributed by atoms with Gasteiger partial charge in [-0.15, -0.1) is 0 Å². The summed E-state index contributed by atoms with van der Waals surface area (Å²) in [7, 11) is 1.59. The molecular weight excluding hydrogens is 398 g/mol. The second-order valence-corrected chi connectivity index (χ2v) is 7.65. The first-order chi connectivity index (χ1) is 14.9. The van der Waals surface area contributed by atoms with Crippen LogP contribution < -0.4 is 21.5 Å². The molecule has 0 fully saturated rings. The van der Waals surface area contributed by atoms with Crippen molar-refractivity contribution in [2.75, 3.05) is 30.9 Å². The van der Waals surface area contributed by atoms with Crippen molar-refractivity contribution in [3.05, 3.63) is 73.4 Å². The molecule has 162 valence electrons. The Morgan fingerprint density at radius 3 is 2.58 bits per heavy atom. The summed E-state index contributed by atoms with van der Waals surface area (Å²) in [5.41, 5.74) is 1.10. The van der Waals surface area contributed by atoms with E-state index in [1.807, 2.05) is 38.1 Å². The third-order valence-electron chi connectivity index (χ3n) is 5.58. The first-order valence-electron chi connectivity index (χ1n) is 10.3. The van der Waals surface area contributed by atoms with Crippen molar-refractivity contribution in [3.8, 4) is 0 Å². The fourth-order valence-corrected chi connectivity index (χ4v) is 3.88. The van der Waals surface area contributed by atoms with E-state index in [1.54, 1.807) is 18.1 Å². The molecule has 2 N–H and O–H groups in total. The van der Waals surface area contributed by atoms with Gasteiger partial charge in [0, 0.05) is 20.2 Å². The molecule has 0 aliphatic carbocycles. The second kappa shape index (κ2) is 8.39. The number of carbonyl (C=O) groups is 1. The van der Waals surface area contributed by atoms with Crippen LogP contribution in [0, 0.1) is 6.92 Å². The smallest absolute Gasteiger partial charge is 0.256 e. The van der Waals surface area contributed by atoms with Gasteiger partial charge in [0.1, 0.15) is 22.9 Å². The quantitative estimate of drug-likeness (QED) is 0.510. The fraction of sp³-hybridized carbons (Fsp3) is 0.348. The largest absolute Gasteiger partial charge is 0.464 e. The average molecular weight is 423 g/mol. The monoisotopic (exact) mass is 423 g/mol. The number of ether oxygens (including phenoxy) is 1. The first kappa shape index (κ1) is 20.9. The molecule has 8 nitrogen and oxygen atoms in total. The van der Waals surface area contributed by atoms with Gasteiger partial charge in [-0.25, -0.2) is 0 Å². The topological polar surface area (TPSA) is 101 Å². The summed E-state index contributed by atoms with van der Waals surface area (Å²) in [6, 6.07) is 8.92. The molecule has 1 aliphatic rings. The van der Waals surface area contributed by atoms with Crippen LogP contribution in [0.1, 0.15) is 46.8 Å². The highest BCUT2D eigenvalue weighted by atomic mass is 16.5. The van der Waals surface area contributed by atoms with Crippen molar-refractivity contribution < 1.29 is 13.9 Å². The van der Waals surface area contributed by atoms with Gasteiger partial charge in [-0.3, -0.25) is 14.4 Å². The maximum Gasteiger partial charge on any atom is 0.256 e. The number of amides is 1. The molecule has 1 unspecified atom stereocenters. The normalized spacial score (nSPS) is 14.2. The standard InChI is InChI=1S/C23H25N3O5/c1-4-15(17-9-8-13(2)31-17)24-19-20(22(28)21(19)27)25-16-7-5-6-14-12-26(10-11-30-3)23(29)18(14)16/h5-9,15,24-25H,4,10-12H2,1-3H3. The molecule has 1 aliphatic heterocycles.